The van der Waals surface area contributed by atoms with E-state index in [0.717, 1.165) is 35.4 Å². The van der Waals surface area contributed by atoms with E-state index >= 15 is 0 Å². The predicted octanol–water partition coefficient (Wildman–Crippen LogP) is 9.96. The summed E-state index contributed by atoms with van der Waals surface area (Å²) in [6, 6.07) is 26.3. The Morgan fingerprint density at radius 3 is 1.40 bits per heavy atom. The first-order valence-corrected chi connectivity index (χ1v) is 21.7. The Labute approximate surface area is 360 Å². The van der Waals surface area contributed by atoms with Crippen LogP contribution in [-0.4, -0.2) is 54.9 Å². The van der Waals surface area contributed by atoms with Gasteiger partial charge in [0.1, 0.15) is 0 Å². The van der Waals surface area contributed by atoms with Crippen LogP contribution in [0.15, 0.2) is 105 Å². The van der Waals surface area contributed by atoms with E-state index in [0.29, 0.717) is 51.3 Å². The number of hydrogen-bond donors (Lipinski definition) is 2. The van der Waals surface area contributed by atoms with Gasteiger partial charge >= 0.3 is 0 Å². The van der Waals surface area contributed by atoms with Crippen LogP contribution in [0.25, 0.3) is 34.7 Å². The third kappa shape index (κ3) is 8.16. The zero-order valence-electron chi connectivity index (χ0n) is 30.6. The summed E-state index contributed by atoms with van der Waals surface area (Å²) in [5.41, 5.74) is 7.18. The van der Waals surface area contributed by atoms with Crippen LogP contribution in [0.4, 0.5) is 10.3 Å². The van der Waals surface area contributed by atoms with E-state index in [4.69, 9.17) is 43.9 Å². The van der Waals surface area contributed by atoms with Crippen LogP contribution < -0.4 is 19.3 Å². The smallest absolute Gasteiger partial charge is 0.272 e. The summed E-state index contributed by atoms with van der Waals surface area (Å²) in [6.07, 6.45) is 5.14. The zero-order valence-corrected chi connectivity index (χ0v) is 35.5. The average molecular weight is 879 g/mol. The molecule has 10 nitrogen and oxygen atoms in total. The second kappa shape index (κ2) is 16.9. The number of benzene rings is 4. The summed E-state index contributed by atoms with van der Waals surface area (Å²) in [6.45, 7) is 0. The maximum atomic E-state index is 13.4. The molecule has 2 aliphatic heterocycles. The van der Waals surface area contributed by atoms with E-state index < -0.39 is 0 Å². The number of nitrogens with zero attached hydrogens (tertiary/aromatic N) is 4. The van der Waals surface area contributed by atoms with Crippen molar-refractivity contribution in [2.75, 3.05) is 24.0 Å². The monoisotopic (exact) mass is 878 g/mol. The van der Waals surface area contributed by atoms with Gasteiger partial charge in [0.15, 0.2) is 41.9 Å². The lowest BCUT2D eigenvalue weighted by Gasteiger charge is -2.10. The van der Waals surface area contributed by atoms with Crippen molar-refractivity contribution in [1.82, 2.24) is 9.97 Å². The van der Waals surface area contributed by atoms with Gasteiger partial charge in [-0.1, -0.05) is 109 Å². The highest BCUT2D eigenvalue weighted by Gasteiger charge is 2.36. The molecule has 290 valence electrons. The Hall–Kier alpha value is -5.36. The molecule has 0 atom stereocenters. The molecule has 2 N–H and O–H groups in total. The number of phenols is 2. The topological polar surface area (TPSA) is 125 Å². The number of aryl methyl sites for hydroxylation is 2. The fraction of sp³-hybridized carbons (Fsp3) is 0.0952. The molecule has 2 aliphatic rings. The highest BCUT2D eigenvalue weighted by Crippen LogP contribution is 2.41. The lowest BCUT2D eigenvalue weighted by Crippen LogP contribution is -2.27. The quantitative estimate of drug-likeness (QED) is 0.0951. The minimum Gasteiger partial charge on any atom is -0.504 e. The first kappa shape index (κ1) is 39.5. The lowest BCUT2D eigenvalue weighted by molar-refractivity contribution is -0.114. The van der Waals surface area contributed by atoms with Crippen LogP contribution in [0.5, 0.6) is 23.0 Å². The van der Waals surface area contributed by atoms with Gasteiger partial charge in [-0.2, -0.15) is 0 Å². The molecule has 0 saturated carbocycles. The van der Waals surface area contributed by atoms with E-state index in [1.54, 1.807) is 36.4 Å². The molecule has 2 saturated heterocycles. The minimum atomic E-state index is -0.248. The molecule has 0 unspecified atom stereocenters. The second-order valence-electron chi connectivity index (χ2n) is 12.8. The van der Waals surface area contributed by atoms with Crippen LogP contribution >= 0.6 is 70.6 Å². The number of thiocarbonyl (C=S) groups is 2. The molecule has 4 aromatic carbocycles. The van der Waals surface area contributed by atoms with Gasteiger partial charge in [0.2, 0.25) is 0 Å². The maximum Gasteiger partial charge on any atom is 0.272 e. The summed E-state index contributed by atoms with van der Waals surface area (Å²) >= 11 is 16.3. The van der Waals surface area contributed by atoms with Crippen molar-refractivity contribution in [2.24, 2.45) is 0 Å². The Kier molecular flexibility index (Phi) is 11.5. The molecule has 2 aromatic heterocycles. The van der Waals surface area contributed by atoms with Crippen LogP contribution in [0.3, 0.4) is 0 Å². The van der Waals surface area contributed by atoms with E-state index in [1.807, 2.05) is 35.0 Å². The molecule has 58 heavy (non-hydrogen) atoms. The van der Waals surface area contributed by atoms with Crippen LogP contribution in [0.2, 0.25) is 0 Å². The number of carbonyl (C=O) groups is 2. The van der Waals surface area contributed by atoms with Crippen LogP contribution in [-0.2, 0) is 22.4 Å². The van der Waals surface area contributed by atoms with E-state index in [9.17, 15) is 19.8 Å². The number of phenolic OH excluding ortho intramolecular Hbond substituents is 2. The van der Waals surface area contributed by atoms with Crippen LogP contribution in [0.1, 0.15) is 22.3 Å². The van der Waals surface area contributed by atoms with Gasteiger partial charge in [0.25, 0.3) is 11.8 Å². The molecular weight excluding hydrogens is 849 g/mol. The molecule has 2 fully saturated rings. The average Bonchev–Trinajstić information content (AvgIpc) is 4.02. The highest BCUT2D eigenvalue weighted by atomic mass is 32.2. The number of carbonyl (C=O) groups excluding carboxylic acids is 2. The number of hydrogen-bond acceptors (Lipinski definition) is 14. The molecule has 0 radical (unpaired) electrons. The van der Waals surface area contributed by atoms with Gasteiger partial charge in [0.05, 0.1) is 35.4 Å². The van der Waals surface area contributed by atoms with Gasteiger partial charge in [-0.15, -0.1) is 22.7 Å². The Morgan fingerprint density at radius 2 is 1.02 bits per heavy atom. The largest absolute Gasteiger partial charge is 0.504 e. The number of thiazole rings is 2. The van der Waals surface area contributed by atoms with Crippen molar-refractivity contribution >= 4 is 114 Å². The molecule has 4 heterocycles. The third-order valence-corrected chi connectivity index (χ3v) is 13.4. The maximum absolute atomic E-state index is 13.4. The summed E-state index contributed by atoms with van der Waals surface area (Å²) in [7, 11) is 2.94. The number of ether oxygens (including phenoxy) is 2. The summed E-state index contributed by atoms with van der Waals surface area (Å²) in [4.78, 5) is 40.1. The van der Waals surface area contributed by atoms with Crippen LogP contribution in [0, 0.1) is 0 Å². The van der Waals surface area contributed by atoms with Gasteiger partial charge < -0.3 is 19.7 Å². The number of rotatable bonds is 11. The number of thioether (sulfide) groups is 2. The normalized spacial score (nSPS) is 15.7. The predicted molar refractivity (Wildman–Crippen MR) is 243 cm³/mol. The minimum absolute atomic E-state index is 0.0222. The molecule has 0 bridgehead atoms. The number of anilines is 2. The van der Waals surface area contributed by atoms with Crippen molar-refractivity contribution in [1.29, 1.82) is 0 Å². The second-order valence-corrected chi connectivity index (χ2v) is 17.8. The summed E-state index contributed by atoms with van der Waals surface area (Å²) in [5.74, 6) is 0.188. The van der Waals surface area contributed by atoms with Gasteiger partial charge in [-0.25, -0.2) is 19.8 Å². The van der Waals surface area contributed by atoms with Gasteiger partial charge in [-0.05, 0) is 71.5 Å². The van der Waals surface area contributed by atoms with E-state index in [2.05, 4.69) is 24.3 Å². The van der Waals surface area contributed by atoms with Gasteiger partial charge in [0, 0.05) is 21.9 Å². The van der Waals surface area contributed by atoms with E-state index in [1.165, 1.54) is 93.5 Å². The van der Waals surface area contributed by atoms with E-state index in [-0.39, 0.29) is 23.3 Å². The molecule has 0 aliphatic carbocycles. The van der Waals surface area contributed by atoms with Crippen molar-refractivity contribution in [3.63, 3.8) is 0 Å². The van der Waals surface area contributed by atoms with Gasteiger partial charge in [-0.3, -0.25) is 9.59 Å². The summed E-state index contributed by atoms with van der Waals surface area (Å²) in [5, 5.41) is 24.7. The molecule has 6 aromatic rings. The molecule has 8 rings (SSSR count). The number of amides is 2. The van der Waals surface area contributed by atoms with Crippen molar-refractivity contribution in [3.8, 4) is 45.5 Å². The highest BCUT2D eigenvalue weighted by molar-refractivity contribution is 8.27. The molecule has 0 spiro atoms. The van der Waals surface area contributed by atoms with Crippen molar-refractivity contribution in [2.45, 2.75) is 12.8 Å². The standard InChI is InChI=1S/C42H30N4O6S6/c1-51-33-17-25(9-15-31(33)47)19-35-37(49)45(41(53)57-35)39-43-29(21-55-39)27-11-5-23(6-12-27)3-4-24-7-13-28(14-8-24)30-22-56-40(44-30)46-38(50)36(58-42(46)54)20-26-10-16-32(48)34(18-26)52-2/h5-22,47-48H,3-4H2,1-2H3/b35-19+,36-20+. The Morgan fingerprint density at radius 1 is 0.621 bits per heavy atom. The molecular formula is C42H30N4O6S6. The first-order chi connectivity index (χ1) is 28.1. The fourth-order valence-electron chi connectivity index (χ4n) is 6.11. The summed E-state index contributed by atoms with van der Waals surface area (Å²) < 4.78 is 11.2. The van der Waals surface area contributed by atoms with Crippen molar-refractivity contribution in [3.05, 3.63) is 128 Å². The third-order valence-electron chi connectivity index (χ3n) is 9.16. The Balaban J connectivity index is 0.871. The molecule has 2 amide bonds. The lowest BCUT2D eigenvalue weighted by atomic mass is 10.0. The zero-order chi connectivity index (χ0) is 40.5. The number of methoxy groups -OCH3 is 2. The Bertz CT molecular complexity index is 2490. The number of aromatic nitrogens is 2. The first-order valence-electron chi connectivity index (χ1n) is 17.5. The fourth-order valence-corrected chi connectivity index (χ4v) is 10.5. The molecule has 16 heteroatoms. The SMILES string of the molecule is COc1cc(/C=C2/SC(=S)N(c3nc(-c4ccc(CCc5ccc(-c6csc(N7C(=O)/C(=C\c8ccc(O)c(OC)c8)SC7=S)n6)cc5)cc4)cs3)C2=O)ccc1O. The van der Waals surface area contributed by atoms with Crippen molar-refractivity contribution < 1.29 is 29.3 Å². The number of aromatic hydroxyl groups is 2.